The molecule has 1 aliphatic rings. The molecule has 1 fully saturated rings. The summed E-state index contributed by atoms with van der Waals surface area (Å²) in [6.07, 6.45) is 1.86. The Balaban J connectivity index is 0.00000121. The molecule has 0 radical (unpaired) electrons. The van der Waals surface area contributed by atoms with Crippen molar-refractivity contribution < 1.29 is 4.79 Å². The number of nitrogens with one attached hydrogen (secondary N) is 1. The summed E-state index contributed by atoms with van der Waals surface area (Å²) in [5.41, 5.74) is 0. The van der Waals surface area contributed by atoms with E-state index >= 15 is 0 Å². The van der Waals surface area contributed by atoms with Crippen molar-refractivity contribution in [1.29, 1.82) is 0 Å². The van der Waals surface area contributed by atoms with Crippen LogP contribution in [0.15, 0.2) is 0 Å². The van der Waals surface area contributed by atoms with Gasteiger partial charge in [-0.15, -0.1) is 12.4 Å². The summed E-state index contributed by atoms with van der Waals surface area (Å²) in [5.74, 6) is 0.823. The fourth-order valence-corrected chi connectivity index (χ4v) is 1.32. The number of hydrogen-bond donors (Lipinski definition) is 1. The molecule has 0 aromatic carbocycles. The van der Waals surface area contributed by atoms with Crippen LogP contribution in [0.3, 0.4) is 0 Å². The van der Waals surface area contributed by atoms with Gasteiger partial charge >= 0.3 is 0 Å². The van der Waals surface area contributed by atoms with Crippen molar-refractivity contribution in [1.82, 2.24) is 10.2 Å². The van der Waals surface area contributed by atoms with Crippen molar-refractivity contribution >= 4 is 18.3 Å². The van der Waals surface area contributed by atoms with Gasteiger partial charge in [-0.25, -0.2) is 0 Å². The fourth-order valence-electron chi connectivity index (χ4n) is 1.32. The van der Waals surface area contributed by atoms with Crippen LogP contribution in [-0.4, -0.2) is 38.0 Å². The molecule has 1 N–H and O–H groups in total. The van der Waals surface area contributed by atoms with Crippen molar-refractivity contribution in [3.8, 4) is 0 Å². The zero-order valence-corrected chi connectivity index (χ0v) is 8.49. The van der Waals surface area contributed by atoms with E-state index in [0.717, 1.165) is 19.5 Å². The summed E-state index contributed by atoms with van der Waals surface area (Å²) in [6.45, 7) is 2.09. The predicted octanol–water partition coefficient (Wildman–Crippen LogP) is 0.496. The van der Waals surface area contributed by atoms with E-state index in [-0.39, 0.29) is 18.3 Å². The van der Waals surface area contributed by atoms with Crippen molar-refractivity contribution in [3.05, 3.63) is 0 Å². The molecule has 0 bridgehead atoms. The van der Waals surface area contributed by atoms with Gasteiger partial charge in [-0.2, -0.15) is 0 Å². The zero-order chi connectivity index (χ0) is 8.27. The van der Waals surface area contributed by atoms with Crippen LogP contribution in [0.2, 0.25) is 0 Å². The highest BCUT2D eigenvalue weighted by atomic mass is 35.5. The van der Waals surface area contributed by atoms with Gasteiger partial charge in [0.25, 0.3) is 0 Å². The maximum Gasteiger partial charge on any atom is 0.222 e. The third-order valence-corrected chi connectivity index (χ3v) is 2.12. The molecule has 0 aromatic rings. The van der Waals surface area contributed by atoms with Gasteiger partial charge in [0, 0.05) is 20.5 Å². The van der Waals surface area contributed by atoms with Crippen LogP contribution in [0.1, 0.15) is 12.8 Å². The van der Waals surface area contributed by atoms with Crippen molar-refractivity contribution in [2.24, 2.45) is 5.92 Å². The van der Waals surface area contributed by atoms with Gasteiger partial charge < -0.3 is 10.2 Å². The summed E-state index contributed by atoms with van der Waals surface area (Å²) < 4.78 is 0. The molecule has 0 aromatic heterocycles. The third-order valence-electron chi connectivity index (χ3n) is 2.12. The molecular weight excluding hydrogens is 176 g/mol. The highest BCUT2D eigenvalue weighted by Crippen LogP contribution is 2.12. The minimum absolute atomic E-state index is 0. The Labute approximate surface area is 79.9 Å². The highest BCUT2D eigenvalue weighted by Gasteiger charge is 2.18. The first-order valence-electron chi connectivity index (χ1n) is 4.11. The fraction of sp³-hybridized carbons (Fsp3) is 0.875. The van der Waals surface area contributed by atoms with Crippen LogP contribution < -0.4 is 5.32 Å². The average Bonchev–Trinajstić information content (AvgIpc) is 2.39. The second-order valence-electron chi connectivity index (χ2n) is 3.35. The first kappa shape index (κ1) is 11.7. The molecule has 1 rings (SSSR count). The number of rotatable bonds is 2. The number of carbonyl (C=O) groups is 1. The lowest BCUT2D eigenvalue weighted by Crippen LogP contribution is -2.24. The first-order valence-corrected chi connectivity index (χ1v) is 4.11. The zero-order valence-electron chi connectivity index (χ0n) is 7.67. The van der Waals surface area contributed by atoms with Gasteiger partial charge in [0.15, 0.2) is 0 Å². The molecule has 1 heterocycles. The summed E-state index contributed by atoms with van der Waals surface area (Å²) in [7, 11) is 3.62. The van der Waals surface area contributed by atoms with E-state index in [9.17, 15) is 4.79 Å². The molecule has 0 aliphatic carbocycles. The minimum Gasteiger partial charge on any atom is -0.349 e. The standard InChI is InChI=1S/C8H16N2O.ClH/c1-10(2)8(11)5-7-3-4-9-6-7;/h7,9H,3-6H2,1-2H3;1H. The Kier molecular flexibility index (Phi) is 5.25. The van der Waals surface area contributed by atoms with Crippen LogP contribution in [0.5, 0.6) is 0 Å². The lowest BCUT2D eigenvalue weighted by Gasteiger charge is -2.12. The Morgan fingerprint density at radius 1 is 1.58 bits per heavy atom. The maximum atomic E-state index is 11.2. The van der Waals surface area contributed by atoms with E-state index in [4.69, 9.17) is 0 Å². The van der Waals surface area contributed by atoms with Gasteiger partial charge in [-0.3, -0.25) is 4.79 Å². The van der Waals surface area contributed by atoms with Gasteiger partial charge in [0.05, 0.1) is 0 Å². The number of nitrogens with zero attached hydrogens (tertiary/aromatic N) is 1. The summed E-state index contributed by atoms with van der Waals surface area (Å²) in [5, 5.41) is 3.25. The molecule has 0 spiro atoms. The normalized spacial score (nSPS) is 21.7. The van der Waals surface area contributed by atoms with E-state index in [1.54, 1.807) is 4.90 Å². The van der Waals surface area contributed by atoms with Gasteiger partial charge in [-0.1, -0.05) is 0 Å². The summed E-state index contributed by atoms with van der Waals surface area (Å²) >= 11 is 0. The van der Waals surface area contributed by atoms with E-state index in [2.05, 4.69) is 5.32 Å². The quantitative estimate of drug-likeness (QED) is 0.691. The Bertz CT molecular complexity index is 144. The van der Waals surface area contributed by atoms with E-state index in [1.165, 1.54) is 0 Å². The van der Waals surface area contributed by atoms with Crippen molar-refractivity contribution in [2.45, 2.75) is 12.8 Å². The predicted molar refractivity (Wildman–Crippen MR) is 51.5 cm³/mol. The van der Waals surface area contributed by atoms with Crippen LogP contribution in [-0.2, 0) is 4.79 Å². The molecule has 3 nitrogen and oxygen atoms in total. The second kappa shape index (κ2) is 5.38. The van der Waals surface area contributed by atoms with Crippen molar-refractivity contribution in [2.75, 3.05) is 27.2 Å². The third kappa shape index (κ3) is 3.41. The summed E-state index contributed by atoms with van der Waals surface area (Å²) in [4.78, 5) is 12.9. The van der Waals surface area contributed by atoms with E-state index in [0.29, 0.717) is 12.3 Å². The molecule has 1 atom stereocenters. The second-order valence-corrected chi connectivity index (χ2v) is 3.35. The number of hydrogen-bond acceptors (Lipinski definition) is 2. The maximum absolute atomic E-state index is 11.2. The molecule has 12 heavy (non-hydrogen) atoms. The average molecular weight is 193 g/mol. The summed E-state index contributed by atoms with van der Waals surface area (Å²) in [6, 6.07) is 0. The Morgan fingerprint density at radius 2 is 2.25 bits per heavy atom. The van der Waals surface area contributed by atoms with Crippen molar-refractivity contribution in [3.63, 3.8) is 0 Å². The Morgan fingerprint density at radius 3 is 2.67 bits per heavy atom. The molecule has 1 aliphatic heterocycles. The van der Waals surface area contributed by atoms with Crippen LogP contribution in [0, 0.1) is 5.92 Å². The minimum atomic E-state index is 0. The molecule has 1 saturated heterocycles. The highest BCUT2D eigenvalue weighted by molar-refractivity contribution is 5.85. The van der Waals surface area contributed by atoms with E-state index < -0.39 is 0 Å². The molecule has 72 valence electrons. The lowest BCUT2D eigenvalue weighted by atomic mass is 10.0. The van der Waals surface area contributed by atoms with Gasteiger partial charge in [-0.05, 0) is 25.4 Å². The largest absolute Gasteiger partial charge is 0.349 e. The molecular formula is C8H17ClN2O. The number of halogens is 1. The first-order chi connectivity index (χ1) is 5.20. The van der Waals surface area contributed by atoms with Crippen LogP contribution in [0.4, 0.5) is 0 Å². The van der Waals surface area contributed by atoms with Gasteiger partial charge in [0.1, 0.15) is 0 Å². The molecule has 0 saturated carbocycles. The lowest BCUT2D eigenvalue weighted by molar-refractivity contribution is -0.129. The monoisotopic (exact) mass is 192 g/mol. The molecule has 4 heteroatoms. The molecule has 1 unspecified atom stereocenters. The topological polar surface area (TPSA) is 32.3 Å². The van der Waals surface area contributed by atoms with Crippen LogP contribution >= 0.6 is 12.4 Å². The van der Waals surface area contributed by atoms with Gasteiger partial charge in [0.2, 0.25) is 5.91 Å². The van der Waals surface area contributed by atoms with E-state index in [1.807, 2.05) is 14.1 Å². The SMILES string of the molecule is CN(C)C(=O)CC1CCNC1.Cl. The Hall–Kier alpha value is -0.280. The molecule has 1 amide bonds. The number of carbonyl (C=O) groups excluding carboxylic acids is 1. The van der Waals surface area contributed by atoms with Crippen LogP contribution in [0.25, 0.3) is 0 Å². The smallest absolute Gasteiger partial charge is 0.222 e. The number of amides is 1.